The van der Waals surface area contributed by atoms with Gasteiger partial charge in [0.05, 0.1) is 25.3 Å². The zero-order valence-corrected chi connectivity index (χ0v) is 13.4. The van der Waals surface area contributed by atoms with Crippen LogP contribution < -0.4 is 5.32 Å². The molecule has 7 nitrogen and oxygen atoms in total. The zero-order valence-electron chi connectivity index (χ0n) is 13.4. The van der Waals surface area contributed by atoms with Crippen LogP contribution >= 0.6 is 0 Å². The van der Waals surface area contributed by atoms with Crippen molar-refractivity contribution in [2.45, 2.75) is 26.4 Å². The highest BCUT2D eigenvalue weighted by molar-refractivity contribution is 5.96. The fraction of sp³-hybridized carbons (Fsp3) is 0.375. The summed E-state index contributed by atoms with van der Waals surface area (Å²) in [6.45, 7) is 4.61. The van der Waals surface area contributed by atoms with E-state index in [0.29, 0.717) is 17.7 Å². The maximum absolute atomic E-state index is 12.4. The molecule has 23 heavy (non-hydrogen) atoms. The van der Waals surface area contributed by atoms with E-state index in [1.54, 1.807) is 35.3 Å². The molecule has 2 rings (SSSR count). The highest BCUT2D eigenvalue weighted by Crippen LogP contribution is 2.09. The molecule has 0 aliphatic heterocycles. The van der Waals surface area contributed by atoms with E-state index in [4.69, 9.17) is 0 Å². The van der Waals surface area contributed by atoms with Crippen molar-refractivity contribution in [3.8, 4) is 0 Å². The first-order chi connectivity index (χ1) is 11.0. The first kappa shape index (κ1) is 16.7. The molecule has 0 radical (unpaired) electrons. The van der Waals surface area contributed by atoms with Crippen LogP contribution in [0.25, 0.3) is 0 Å². The highest BCUT2D eigenvalue weighted by Gasteiger charge is 2.18. The van der Waals surface area contributed by atoms with Crippen LogP contribution in [-0.4, -0.2) is 39.8 Å². The molecule has 1 heterocycles. The molecule has 7 heteroatoms. The van der Waals surface area contributed by atoms with Gasteiger partial charge in [-0.2, -0.15) is 5.10 Å². The Morgan fingerprint density at radius 1 is 1.22 bits per heavy atom. The predicted molar refractivity (Wildman–Crippen MR) is 83.9 cm³/mol. The molecule has 1 amide bonds. The summed E-state index contributed by atoms with van der Waals surface area (Å²) < 4.78 is 6.32. The van der Waals surface area contributed by atoms with Gasteiger partial charge in [-0.15, -0.1) is 0 Å². The number of rotatable bonds is 6. The topological polar surface area (TPSA) is 86.1 Å². The number of ether oxygens (including phenoxy) is 1. The SMILES string of the molecule is COC(=O)c1ccc(C(=O)N[C@@H](Cn2cncn2)C(C)C)cc1. The summed E-state index contributed by atoms with van der Waals surface area (Å²) in [6.07, 6.45) is 3.08. The fourth-order valence-electron chi connectivity index (χ4n) is 2.08. The second-order valence-corrected chi connectivity index (χ2v) is 5.51. The third-order valence-corrected chi connectivity index (χ3v) is 3.54. The predicted octanol–water partition coefficient (Wildman–Crippen LogP) is 1.52. The summed E-state index contributed by atoms with van der Waals surface area (Å²) in [5, 5.41) is 7.05. The Bertz CT molecular complexity index is 650. The van der Waals surface area contributed by atoms with Gasteiger partial charge in [0.15, 0.2) is 0 Å². The molecule has 0 aliphatic rings. The number of hydrogen-bond acceptors (Lipinski definition) is 5. The number of nitrogens with zero attached hydrogens (tertiary/aromatic N) is 3. The van der Waals surface area contributed by atoms with Gasteiger partial charge in [-0.25, -0.2) is 9.78 Å². The van der Waals surface area contributed by atoms with Crippen LogP contribution in [0.4, 0.5) is 0 Å². The number of carbonyl (C=O) groups excluding carboxylic acids is 2. The number of esters is 1. The third-order valence-electron chi connectivity index (χ3n) is 3.54. The Kier molecular flexibility index (Phi) is 5.46. The number of nitrogens with one attached hydrogen (secondary N) is 1. The first-order valence-corrected chi connectivity index (χ1v) is 7.33. The van der Waals surface area contributed by atoms with Crippen molar-refractivity contribution in [3.05, 3.63) is 48.0 Å². The summed E-state index contributed by atoms with van der Waals surface area (Å²) in [7, 11) is 1.32. The lowest BCUT2D eigenvalue weighted by atomic mass is 10.0. The fourth-order valence-corrected chi connectivity index (χ4v) is 2.08. The van der Waals surface area contributed by atoms with Crippen LogP contribution in [0, 0.1) is 5.92 Å². The molecule has 122 valence electrons. The Morgan fingerprint density at radius 2 is 1.87 bits per heavy atom. The van der Waals surface area contributed by atoms with Crippen LogP contribution in [0.2, 0.25) is 0 Å². The lowest BCUT2D eigenvalue weighted by Gasteiger charge is -2.22. The molecule has 1 atom stereocenters. The average Bonchev–Trinajstić information content (AvgIpc) is 3.06. The molecule has 0 spiro atoms. The number of carbonyl (C=O) groups is 2. The van der Waals surface area contributed by atoms with Gasteiger partial charge < -0.3 is 10.1 Å². The number of hydrogen-bond donors (Lipinski definition) is 1. The van der Waals surface area contributed by atoms with E-state index in [0.717, 1.165) is 0 Å². The van der Waals surface area contributed by atoms with E-state index >= 15 is 0 Å². The van der Waals surface area contributed by atoms with Crippen LogP contribution in [0.3, 0.4) is 0 Å². The molecule has 0 fully saturated rings. The van der Waals surface area contributed by atoms with Crippen molar-refractivity contribution in [2.75, 3.05) is 7.11 Å². The number of benzene rings is 1. The average molecular weight is 316 g/mol. The molecule has 0 saturated carbocycles. The Hall–Kier alpha value is -2.70. The summed E-state index contributed by atoms with van der Waals surface area (Å²) in [5.74, 6) is -0.388. The summed E-state index contributed by atoms with van der Waals surface area (Å²) in [6, 6.07) is 6.28. The van der Waals surface area contributed by atoms with Gasteiger partial charge in [-0.3, -0.25) is 9.48 Å². The van der Waals surface area contributed by atoms with Gasteiger partial charge in [-0.1, -0.05) is 13.8 Å². The standard InChI is InChI=1S/C16H20N4O3/c1-11(2)14(8-20-10-17-9-18-20)19-15(21)12-4-6-13(7-5-12)16(22)23-3/h4-7,9-11,14H,8H2,1-3H3,(H,19,21)/t14-/m0/s1. The highest BCUT2D eigenvalue weighted by atomic mass is 16.5. The Balaban J connectivity index is 2.04. The molecule has 1 N–H and O–H groups in total. The lowest BCUT2D eigenvalue weighted by molar-refractivity contribution is 0.0600. The number of amides is 1. The molecule has 0 unspecified atom stereocenters. The molecular formula is C16H20N4O3. The normalized spacial score (nSPS) is 12.0. The van der Waals surface area contributed by atoms with Gasteiger partial charge in [0.25, 0.3) is 5.91 Å². The summed E-state index contributed by atoms with van der Waals surface area (Å²) in [4.78, 5) is 27.7. The molecule has 1 aromatic carbocycles. The van der Waals surface area contributed by atoms with Crippen molar-refractivity contribution >= 4 is 11.9 Å². The molecule has 2 aromatic rings. The third kappa shape index (κ3) is 4.38. The molecular weight excluding hydrogens is 296 g/mol. The van der Waals surface area contributed by atoms with E-state index in [2.05, 4.69) is 20.1 Å². The second kappa shape index (κ2) is 7.53. The minimum atomic E-state index is -0.428. The summed E-state index contributed by atoms with van der Waals surface area (Å²) >= 11 is 0. The van der Waals surface area contributed by atoms with Crippen LogP contribution in [0.1, 0.15) is 34.6 Å². The van der Waals surface area contributed by atoms with Crippen molar-refractivity contribution in [1.82, 2.24) is 20.1 Å². The van der Waals surface area contributed by atoms with E-state index < -0.39 is 5.97 Å². The minimum absolute atomic E-state index is 0.0792. The number of methoxy groups -OCH3 is 1. The number of aromatic nitrogens is 3. The van der Waals surface area contributed by atoms with Gasteiger partial charge in [0, 0.05) is 5.56 Å². The Labute approximate surface area is 134 Å². The molecule has 0 aliphatic carbocycles. The van der Waals surface area contributed by atoms with Gasteiger partial charge in [-0.05, 0) is 30.2 Å². The maximum Gasteiger partial charge on any atom is 0.337 e. The van der Waals surface area contributed by atoms with E-state index in [9.17, 15) is 9.59 Å². The van der Waals surface area contributed by atoms with Crippen molar-refractivity contribution in [2.24, 2.45) is 5.92 Å². The molecule has 0 bridgehead atoms. The van der Waals surface area contributed by atoms with Gasteiger partial charge in [0.2, 0.25) is 0 Å². The maximum atomic E-state index is 12.4. The second-order valence-electron chi connectivity index (χ2n) is 5.51. The van der Waals surface area contributed by atoms with E-state index in [1.165, 1.54) is 13.4 Å². The van der Waals surface area contributed by atoms with Crippen LogP contribution in [-0.2, 0) is 11.3 Å². The molecule has 1 aromatic heterocycles. The van der Waals surface area contributed by atoms with E-state index in [-0.39, 0.29) is 17.9 Å². The van der Waals surface area contributed by atoms with Gasteiger partial charge in [0.1, 0.15) is 12.7 Å². The molecule has 0 saturated heterocycles. The van der Waals surface area contributed by atoms with Gasteiger partial charge >= 0.3 is 5.97 Å². The lowest BCUT2D eigenvalue weighted by Crippen LogP contribution is -2.41. The Morgan fingerprint density at radius 3 is 2.39 bits per heavy atom. The largest absolute Gasteiger partial charge is 0.465 e. The van der Waals surface area contributed by atoms with E-state index in [1.807, 2.05) is 13.8 Å². The zero-order chi connectivity index (χ0) is 16.8. The van der Waals surface area contributed by atoms with Crippen molar-refractivity contribution in [3.63, 3.8) is 0 Å². The first-order valence-electron chi connectivity index (χ1n) is 7.33. The van der Waals surface area contributed by atoms with Crippen LogP contribution in [0.15, 0.2) is 36.9 Å². The minimum Gasteiger partial charge on any atom is -0.465 e. The monoisotopic (exact) mass is 316 g/mol. The van der Waals surface area contributed by atoms with Crippen LogP contribution in [0.5, 0.6) is 0 Å². The smallest absolute Gasteiger partial charge is 0.337 e. The quantitative estimate of drug-likeness (QED) is 0.817. The summed E-state index contributed by atoms with van der Waals surface area (Å²) in [5.41, 5.74) is 0.897. The van der Waals surface area contributed by atoms with Crippen molar-refractivity contribution in [1.29, 1.82) is 0 Å². The van der Waals surface area contributed by atoms with Crippen molar-refractivity contribution < 1.29 is 14.3 Å².